The molecule has 2 saturated heterocycles. The molecule has 1 unspecified atom stereocenters. The highest BCUT2D eigenvalue weighted by Crippen LogP contribution is 2.27. The maximum Gasteiger partial charge on any atom is 0.254 e. The molecular weight excluding hydrogens is 385 g/mol. The number of hydrogen-bond donors (Lipinski definition) is 0. The third kappa shape index (κ3) is 4.06. The van der Waals surface area contributed by atoms with Crippen molar-refractivity contribution in [2.75, 3.05) is 37.6 Å². The highest BCUT2D eigenvalue weighted by Gasteiger charge is 2.38. The van der Waals surface area contributed by atoms with Gasteiger partial charge in [-0.1, -0.05) is 23.8 Å². The van der Waals surface area contributed by atoms with E-state index in [0.29, 0.717) is 38.3 Å². The van der Waals surface area contributed by atoms with E-state index in [9.17, 15) is 18.8 Å². The first-order valence-electron chi connectivity index (χ1n) is 10.1. The molecule has 2 aromatic carbocycles. The summed E-state index contributed by atoms with van der Waals surface area (Å²) in [5, 5.41) is 0. The van der Waals surface area contributed by atoms with Crippen molar-refractivity contribution in [1.82, 2.24) is 9.80 Å². The number of rotatable bonds is 3. The van der Waals surface area contributed by atoms with Gasteiger partial charge >= 0.3 is 0 Å². The molecule has 30 heavy (non-hydrogen) atoms. The minimum atomic E-state index is -0.446. The highest BCUT2D eigenvalue weighted by molar-refractivity contribution is 6.00. The van der Waals surface area contributed by atoms with Crippen LogP contribution in [0.25, 0.3) is 0 Å². The summed E-state index contributed by atoms with van der Waals surface area (Å²) in [6, 6.07) is 13.3. The number of carbonyl (C=O) groups is 3. The van der Waals surface area contributed by atoms with Crippen LogP contribution >= 0.6 is 0 Å². The van der Waals surface area contributed by atoms with E-state index in [1.165, 1.54) is 18.2 Å². The van der Waals surface area contributed by atoms with Crippen molar-refractivity contribution >= 4 is 23.4 Å². The Morgan fingerprint density at radius 2 is 1.63 bits per heavy atom. The van der Waals surface area contributed by atoms with E-state index in [0.717, 1.165) is 11.3 Å². The molecule has 2 fully saturated rings. The van der Waals surface area contributed by atoms with Crippen LogP contribution in [-0.2, 0) is 9.59 Å². The zero-order valence-electron chi connectivity index (χ0n) is 16.9. The lowest BCUT2D eigenvalue weighted by Crippen LogP contribution is -2.52. The number of aryl methyl sites for hydroxylation is 1. The van der Waals surface area contributed by atoms with Crippen molar-refractivity contribution < 1.29 is 18.8 Å². The van der Waals surface area contributed by atoms with Crippen molar-refractivity contribution in [1.29, 1.82) is 0 Å². The maximum atomic E-state index is 13.4. The molecular formula is C23H24FN3O3. The monoisotopic (exact) mass is 409 g/mol. The number of benzene rings is 2. The largest absolute Gasteiger partial charge is 0.339 e. The lowest BCUT2D eigenvalue weighted by Gasteiger charge is -2.36. The molecule has 0 aliphatic carbocycles. The fourth-order valence-corrected chi connectivity index (χ4v) is 4.04. The first-order valence-corrected chi connectivity index (χ1v) is 10.1. The van der Waals surface area contributed by atoms with E-state index in [4.69, 9.17) is 0 Å². The summed E-state index contributed by atoms with van der Waals surface area (Å²) >= 11 is 0. The van der Waals surface area contributed by atoms with Crippen LogP contribution in [0, 0.1) is 18.7 Å². The predicted molar refractivity (Wildman–Crippen MR) is 111 cm³/mol. The molecule has 4 rings (SSSR count). The van der Waals surface area contributed by atoms with Crippen LogP contribution in [0.1, 0.15) is 22.3 Å². The topological polar surface area (TPSA) is 60.9 Å². The molecule has 6 nitrogen and oxygen atoms in total. The van der Waals surface area contributed by atoms with Crippen molar-refractivity contribution in [3.05, 3.63) is 65.5 Å². The number of amides is 3. The van der Waals surface area contributed by atoms with Crippen molar-refractivity contribution in [2.45, 2.75) is 13.3 Å². The van der Waals surface area contributed by atoms with Crippen LogP contribution in [0.5, 0.6) is 0 Å². The van der Waals surface area contributed by atoms with Crippen LogP contribution in [0.4, 0.5) is 10.1 Å². The van der Waals surface area contributed by atoms with Gasteiger partial charge in [0.25, 0.3) is 5.91 Å². The molecule has 2 heterocycles. The molecule has 156 valence electrons. The number of anilines is 1. The van der Waals surface area contributed by atoms with Gasteiger partial charge in [-0.25, -0.2) is 4.39 Å². The molecule has 0 aromatic heterocycles. The lowest BCUT2D eigenvalue weighted by atomic mass is 10.1. The molecule has 0 bridgehead atoms. The second kappa shape index (κ2) is 8.26. The minimum absolute atomic E-state index is 0.0443. The Hall–Kier alpha value is -3.22. The fourth-order valence-electron chi connectivity index (χ4n) is 4.04. The highest BCUT2D eigenvalue weighted by atomic mass is 19.1. The second-order valence-electron chi connectivity index (χ2n) is 7.87. The zero-order chi connectivity index (χ0) is 21.3. The molecule has 0 saturated carbocycles. The van der Waals surface area contributed by atoms with Gasteiger partial charge in [-0.3, -0.25) is 14.4 Å². The molecule has 3 amide bonds. The normalized spacial score (nSPS) is 19.3. The van der Waals surface area contributed by atoms with Crippen LogP contribution in [0.3, 0.4) is 0 Å². The Labute approximate surface area is 174 Å². The van der Waals surface area contributed by atoms with Gasteiger partial charge < -0.3 is 14.7 Å². The van der Waals surface area contributed by atoms with Crippen molar-refractivity contribution in [2.24, 2.45) is 5.92 Å². The fraction of sp³-hybridized carbons (Fsp3) is 0.348. The van der Waals surface area contributed by atoms with E-state index < -0.39 is 5.82 Å². The Balaban J connectivity index is 1.35. The van der Waals surface area contributed by atoms with Gasteiger partial charge in [0, 0.05) is 50.4 Å². The van der Waals surface area contributed by atoms with Crippen molar-refractivity contribution in [3.63, 3.8) is 0 Å². The molecule has 1 atom stereocenters. The number of carbonyl (C=O) groups excluding carboxylic acids is 3. The standard InChI is InChI=1S/C23H24FN3O3/c1-16-5-7-20(8-6-16)27-15-18(14-21(27)28)23(30)26-11-9-25(10-12-26)22(29)17-3-2-4-19(24)13-17/h2-8,13,18H,9-12,14-15H2,1H3. The molecule has 2 aliphatic heterocycles. The summed E-state index contributed by atoms with van der Waals surface area (Å²) in [5.74, 6) is -1.14. The summed E-state index contributed by atoms with van der Waals surface area (Å²) in [6.45, 7) is 3.97. The second-order valence-corrected chi connectivity index (χ2v) is 7.87. The smallest absolute Gasteiger partial charge is 0.254 e. The summed E-state index contributed by atoms with van der Waals surface area (Å²) < 4.78 is 13.4. The van der Waals surface area contributed by atoms with Gasteiger partial charge in [0.1, 0.15) is 5.82 Å². The number of piperazine rings is 1. The number of nitrogens with zero attached hydrogens (tertiary/aromatic N) is 3. The van der Waals surface area contributed by atoms with Gasteiger partial charge in [0.2, 0.25) is 11.8 Å². The summed E-state index contributed by atoms with van der Waals surface area (Å²) in [5.41, 5.74) is 2.24. The Bertz CT molecular complexity index is 968. The SMILES string of the molecule is Cc1ccc(N2CC(C(=O)N3CCN(C(=O)c4cccc(F)c4)CC3)CC2=O)cc1. The predicted octanol–water partition coefficient (Wildman–Crippen LogP) is 2.47. The maximum absolute atomic E-state index is 13.4. The Kier molecular flexibility index (Phi) is 5.53. The van der Waals surface area contributed by atoms with E-state index in [2.05, 4.69) is 0 Å². The van der Waals surface area contributed by atoms with Crippen molar-refractivity contribution in [3.8, 4) is 0 Å². The first kappa shape index (κ1) is 20.1. The summed E-state index contributed by atoms with van der Waals surface area (Å²) in [7, 11) is 0. The van der Waals surface area contributed by atoms with E-state index in [1.54, 1.807) is 20.8 Å². The average Bonchev–Trinajstić information content (AvgIpc) is 3.15. The molecule has 0 N–H and O–H groups in total. The quantitative estimate of drug-likeness (QED) is 0.783. The third-order valence-electron chi connectivity index (χ3n) is 5.77. The van der Waals surface area contributed by atoms with E-state index >= 15 is 0 Å². The lowest BCUT2D eigenvalue weighted by molar-refractivity contribution is -0.137. The van der Waals surface area contributed by atoms with Gasteiger partial charge in [0.05, 0.1) is 5.92 Å². The Morgan fingerprint density at radius 3 is 2.30 bits per heavy atom. The van der Waals surface area contributed by atoms with E-state index in [1.807, 2.05) is 31.2 Å². The third-order valence-corrected chi connectivity index (χ3v) is 5.77. The van der Waals surface area contributed by atoms with Gasteiger partial charge in [-0.2, -0.15) is 0 Å². The van der Waals surface area contributed by atoms with Crippen LogP contribution in [-0.4, -0.2) is 60.2 Å². The average molecular weight is 409 g/mol. The molecule has 7 heteroatoms. The molecule has 2 aromatic rings. The van der Waals surface area contributed by atoms with Crippen LogP contribution in [0.2, 0.25) is 0 Å². The minimum Gasteiger partial charge on any atom is -0.339 e. The zero-order valence-corrected chi connectivity index (χ0v) is 16.9. The number of hydrogen-bond acceptors (Lipinski definition) is 3. The van der Waals surface area contributed by atoms with Gasteiger partial charge in [0.15, 0.2) is 0 Å². The first-order chi connectivity index (χ1) is 14.4. The van der Waals surface area contributed by atoms with Crippen LogP contribution in [0.15, 0.2) is 48.5 Å². The summed E-state index contributed by atoms with van der Waals surface area (Å²) in [6.07, 6.45) is 0.204. The van der Waals surface area contributed by atoms with Gasteiger partial charge in [-0.15, -0.1) is 0 Å². The van der Waals surface area contributed by atoms with Crippen LogP contribution < -0.4 is 4.90 Å². The Morgan fingerprint density at radius 1 is 0.967 bits per heavy atom. The molecule has 0 radical (unpaired) electrons. The molecule has 0 spiro atoms. The molecule has 2 aliphatic rings. The van der Waals surface area contributed by atoms with E-state index in [-0.39, 0.29) is 30.1 Å². The van der Waals surface area contributed by atoms with Gasteiger partial charge in [-0.05, 0) is 37.3 Å². The number of halogens is 1. The summed E-state index contributed by atoms with van der Waals surface area (Å²) in [4.78, 5) is 43.0.